The lowest BCUT2D eigenvalue weighted by molar-refractivity contribution is 0.666. The number of para-hydroxylation sites is 3. The molecule has 0 atom stereocenters. The van der Waals surface area contributed by atoms with Gasteiger partial charge in [0.05, 0.1) is 0 Å². The van der Waals surface area contributed by atoms with Crippen molar-refractivity contribution in [1.82, 2.24) is 9.97 Å². The van der Waals surface area contributed by atoms with E-state index in [2.05, 4.69) is 91.0 Å². The minimum atomic E-state index is 0.586. The fourth-order valence-corrected chi connectivity index (χ4v) is 7.36. The van der Waals surface area contributed by atoms with Crippen LogP contribution in [0.3, 0.4) is 0 Å². The molecular formula is C44H24N2O3. The molecule has 0 unspecified atom stereocenters. The van der Waals surface area contributed by atoms with Gasteiger partial charge in [0.2, 0.25) is 0 Å². The molecule has 11 rings (SSSR count). The van der Waals surface area contributed by atoms with E-state index in [1.807, 2.05) is 54.6 Å². The molecule has 4 aromatic heterocycles. The van der Waals surface area contributed by atoms with Crippen LogP contribution in [0, 0.1) is 0 Å². The number of hydrogen-bond donors (Lipinski definition) is 0. The number of benzene rings is 7. The van der Waals surface area contributed by atoms with Crippen molar-refractivity contribution in [2.24, 2.45) is 0 Å². The fourth-order valence-electron chi connectivity index (χ4n) is 7.36. The monoisotopic (exact) mass is 628 g/mol. The zero-order chi connectivity index (χ0) is 32.1. The lowest BCUT2D eigenvalue weighted by atomic mass is 9.95. The zero-order valence-electron chi connectivity index (χ0n) is 26.0. The SMILES string of the molecule is c1ccc2cc(-c3cc(-c4nc(-c5ccc6c(c5)oc5ccccc56)c5oc6ccccc6c5n4)cc4oc5ccccc5c34)ccc2c1. The third kappa shape index (κ3) is 3.93. The highest BCUT2D eigenvalue weighted by molar-refractivity contribution is 6.15. The van der Waals surface area contributed by atoms with E-state index >= 15 is 0 Å². The van der Waals surface area contributed by atoms with Gasteiger partial charge in [0.25, 0.3) is 0 Å². The molecule has 0 aliphatic carbocycles. The highest BCUT2D eigenvalue weighted by atomic mass is 16.3. The minimum Gasteiger partial charge on any atom is -0.456 e. The van der Waals surface area contributed by atoms with E-state index in [1.165, 1.54) is 10.8 Å². The first kappa shape index (κ1) is 26.4. The Morgan fingerprint density at radius 3 is 1.88 bits per heavy atom. The summed E-state index contributed by atoms with van der Waals surface area (Å²) in [6.45, 7) is 0. The Labute approximate surface area is 278 Å². The van der Waals surface area contributed by atoms with Crippen LogP contribution in [0.15, 0.2) is 159 Å². The van der Waals surface area contributed by atoms with Crippen LogP contribution < -0.4 is 0 Å². The maximum absolute atomic E-state index is 6.51. The molecule has 0 aliphatic rings. The van der Waals surface area contributed by atoms with Gasteiger partial charge in [-0.25, -0.2) is 9.97 Å². The minimum absolute atomic E-state index is 0.586. The summed E-state index contributed by atoms with van der Waals surface area (Å²) in [7, 11) is 0. The Hall–Kier alpha value is -6.72. The van der Waals surface area contributed by atoms with Crippen molar-refractivity contribution >= 4 is 76.7 Å². The first-order valence-electron chi connectivity index (χ1n) is 16.3. The van der Waals surface area contributed by atoms with Crippen LogP contribution in [-0.4, -0.2) is 9.97 Å². The van der Waals surface area contributed by atoms with Gasteiger partial charge in [-0.1, -0.05) is 91.0 Å². The molecule has 0 spiro atoms. The molecule has 0 aliphatic heterocycles. The first-order chi connectivity index (χ1) is 24.2. The largest absolute Gasteiger partial charge is 0.456 e. The van der Waals surface area contributed by atoms with Gasteiger partial charge in [0.1, 0.15) is 39.1 Å². The molecule has 7 aromatic carbocycles. The highest BCUT2D eigenvalue weighted by Crippen LogP contribution is 2.42. The summed E-state index contributed by atoms with van der Waals surface area (Å²) in [5, 5.41) is 7.60. The number of fused-ring (bicyclic) bond motifs is 10. The van der Waals surface area contributed by atoms with Gasteiger partial charge in [-0.05, 0) is 76.5 Å². The average molecular weight is 629 g/mol. The Balaban J connectivity index is 1.20. The molecule has 49 heavy (non-hydrogen) atoms. The van der Waals surface area contributed by atoms with Crippen molar-refractivity contribution in [3.63, 3.8) is 0 Å². The van der Waals surface area contributed by atoms with Crippen molar-refractivity contribution in [2.45, 2.75) is 0 Å². The molecule has 0 N–H and O–H groups in total. The van der Waals surface area contributed by atoms with Crippen molar-refractivity contribution in [3.05, 3.63) is 146 Å². The summed E-state index contributed by atoms with van der Waals surface area (Å²) in [6.07, 6.45) is 0. The van der Waals surface area contributed by atoms with Crippen molar-refractivity contribution in [2.75, 3.05) is 0 Å². The van der Waals surface area contributed by atoms with Crippen LogP contribution in [0.5, 0.6) is 0 Å². The molecule has 5 heteroatoms. The number of rotatable bonds is 3. The van der Waals surface area contributed by atoms with Crippen molar-refractivity contribution < 1.29 is 13.3 Å². The van der Waals surface area contributed by atoms with E-state index in [0.717, 1.165) is 82.6 Å². The summed E-state index contributed by atoms with van der Waals surface area (Å²) in [5.41, 5.74) is 10.1. The molecule has 0 radical (unpaired) electrons. The Bertz CT molecular complexity index is 3130. The lowest BCUT2D eigenvalue weighted by Crippen LogP contribution is -1.95. The standard InChI is InChI=1S/C44H24N2O3/c1-2-10-26-21-27(18-17-25(26)9-1)34-22-29(24-39-40(34)32-12-4-7-15-36(32)48-39)44-45-41(43-42(46-44)33-13-5-8-16-37(33)49-43)28-19-20-31-30-11-3-6-14-35(30)47-38(31)23-28/h1-24H. The molecule has 228 valence electrons. The number of nitrogens with zero attached hydrogens (tertiary/aromatic N) is 2. The Morgan fingerprint density at radius 2 is 1.02 bits per heavy atom. The van der Waals surface area contributed by atoms with Gasteiger partial charge >= 0.3 is 0 Å². The van der Waals surface area contributed by atoms with Gasteiger partial charge in [-0.3, -0.25) is 0 Å². The number of furan rings is 3. The van der Waals surface area contributed by atoms with Crippen LogP contribution in [0.2, 0.25) is 0 Å². The third-order valence-electron chi connectivity index (χ3n) is 9.67. The van der Waals surface area contributed by atoms with Gasteiger partial charge in [0.15, 0.2) is 11.4 Å². The molecule has 0 saturated carbocycles. The van der Waals surface area contributed by atoms with Crippen LogP contribution in [0.1, 0.15) is 0 Å². The smallest absolute Gasteiger partial charge is 0.180 e. The summed E-state index contributed by atoms with van der Waals surface area (Å²) >= 11 is 0. The molecule has 0 bridgehead atoms. The molecule has 0 amide bonds. The van der Waals surface area contributed by atoms with Crippen LogP contribution in [0.4, 0.5) is 0 Å². The predicted molar refractivity (Wildman–Crippen MR) is 198 cm³/mol. The van der Waals surface area contributed by atoms with E-state index < -0.39 is 0 Å². The van der Waals surface area contributed by atoms with E-state index in [9.17, 15) is 0 Å². The highest BCUT2D eigenvalue weighted by Gasteiger charge is 2.22. The van der Waals surface area contributed by atoms with Gasteiger partial charge in [-0.2, -0.15) is 0 Å². The second-order valence-electron chi connectivity index (χ2n) is 12.5. The Morgan fingerprint density at radius 1 is 0.388 bits per heavy atom. The normalized spacial score (nSPS) is 12.1. The summed E-state index contributed by atoms with van der Waals surface area (Å²) in [6, 6.07) is 49.9. The average Bonchev–Trinajstić information content (AvgIpc) is 3.84. The van der Waals surface area contributed by atoms with Gasteiger partial charge in [0, 0.05) is 38.1 Å². The van der Waals surface area contributed by atoms with E-state index in [4.69, 9.17) is 23.2 Å². The number of aromatic nitrogens is 2. The predicted octanol–water partition coefficient (Wildman–Crippen LogP) is 12.3. The molecular weight excluding hydrogens is 604 g/mol. The second-order valence-corrected chi connectivity index (χ2v) is 12.5. The topological polar surface area (TPSA) is 65.2 Å². The number of hydrogen-bond acceptors (Lipinski definition) is 5. The zero-order valence-corrected chi connectivity index (χ0v) is 26.0. The summed E-state index contributed by atoms with van der Waals surface area (Å²) < 4.78 is 19.3. The lowest BCUT2D eigenvalue weighted by Gasteiger charge is -2.10. The summed E-state index contributed by atoms with van der Waals surface area (Å²) in [4.78, 5) is 10.4. The maximum Gasteiger partial charge on any atom is 0.180 e. The van der Waals surface area contributed by atoms with Crippen molar-refractivity contribution in [1.29, 1.82) is 0 Å². The van der Waals surface area contributed by atoms with E-state index in [0.29, 0.717) is 17.1 Å². The van der Waals surface area contributed by atoms with Crippen molar-refractivity contribution in [3.8, 4) is 33.8 Å². The quantitative estimate of drug-likeness (QED) is 0.195. The molecule has 0 saturated heterocycles. The van der Waals surface area contributed by atoms with Gasteiger partial charge < -0.3 is 13.3 Å². The van der Waals surface area contributed by atoms with Crippen LogP contribution >= 0.6 is 0 Å². The molecule has 5 nitrogen and oxygen atoms in total. The van der Waals surface area contributed by atoms with Gasteiger partial charge in [-0.15, -0.1) is 0 Å². The summed E-state index contributed by atoms with van der Waals surface area (Å²) in [5.74, 6) is 0.586. The second kappa shape index (κ2) is 9.89. The molecule has 11 aromatic rings. The van der Waals surface area contributed by atoms with E-state index in [-0.39, 0.29) is 0 Å². The van der Waals surface area contributed by atoms with Crippen LogP contribution in [0.25, 0.3) is 110 Å². The first-order valence-corrected chi connectivity index (χ1v) is 16.3. The maximum atomic E-state index is 6.51. The van der Waals surface area contributed by atoms with Crippen LogP contribution in [-0.2, 0) is 0 Å². The Kier molecular flexibility index (Phi) is 5.32. The van der Waals surface area contributed by atoms with E-state index in [1.54, 1.807) is 0 Å². The fraction of sp³-hybridized carbons (Fsp3) is 0. The molecule has 4 heterocycles. The molecule has 0 fully saturated rings. The third-order valence-corrected chi connectivity index (χ3v) is 9.67.